The van der Waals surface area contributed by atoms with Crippen LogP contribution in [0.3, 0.4) is 0 Å². The van der Waals surface area contributed by atoms with Gasteiger partial charge in [-0.3, -0.25) is 0 Å². The standard InChI is InChI=1S/C21H23N5O3S2/c1-4-26-12-23-16-7-5-14(9-19(16)26)18-11-30-21(25-18)24-17-10-15(31(22,27)28)6-8-20(17)29-13(2)3/h5-13H,4H2,1-3H3,(H,24,25)(H2,22,27,28). The van der Waals surface area contributed by atoms with E-state index >= 15 is 0 Å². The number of hydrogen-bond donors (Lipinski definition) is 2. The summed E-state index contributed by atoms with van der Waals surface area (Å²) in [6.07, 6.45) is 1.75. The molecular weight excluding hydrogens is 434 g/mol. The number of primary sulfonamides is 1. The molecule has 0 saturated carbocycles. The van der Waals surface area contributed by atoms with Gasteiger partial charge >= 0.3 is 0 Å². The monoisotopic (exact) mass is 457 g/mol. The van der Waals surface area contributed by atoms with Crippen LogP contribution in [0.15, 0.2) is 53.0 Å². The van der Waals surface area contributed by atoms with Crippen LogP contribution in [0, 0.1) is 0 Å². The SMILES string of the molecule is CCn1cnc2ccc(-c3csc(Nc4cc(S(N)(=O)=O)ccc4OC(C)C)n3)cc21. The van der Waals surface area contributed by atoms with Crippen LogP contribution in [0.2, 0.25) is 0 Å². The molecule has 0 aliphatic carbocycles. The maximum absolute atomic E-state index is 11.8. The third-order valence-corrected chi connectivity index (χ3v) is 6.31. The van der Waals surface area contributed by atoms with Crippen molar-refractivity contribution in [1.29, 1.82) is 0 Å². The number of fused-ring (bicyclic) bond motifs is 1. The summed E-state index contributed by atoms with van der Waals surface area (Å²) in [5.74, 6) is 0.521. The number of sulfonamides is 1. The Morgan fingerprint density at radius 1 is 1.23 bits per heavy atom. The number of aryl methyl sites for hydroxylation is 1. The number of thiazole rings is 1. The van der Waals surface area contributed by atoms with E-state index in [2.05, 4.69) is 32.8 Å². The lowest BCUT2D eigenvalue weighted by atomic mass is 10.1. The van der Waals surface area contributed by atoms with Crippen LogP contribution in [-0.4, -0.2) is 29.1 Å². The molecule has 0 atom stereocenters. The summed E-state index contributed by atoms with van der Waals surface area (Å²) in [7, 11) is -3.84. The van der Waals surface area contributed by atoms with Gasteiger partial charge < -0.3 is 14.6 Å². The molecule has 0 fully saturated rings. The number of nitrogens with zero attached hydrogens (tertiary/aromatic N) is 3. The first-order valence-corrected chi connectivity index (χ1v) is 12.2. The highest BCUT2D eigenvalue weighted by Gasteiger charge is 2.15. The molecule has 4 aromatic rings. The molecule has 0 saturated heterocycles. The van der Waals surface area contributed by atoms with E-state index in [0.717, 1.165) is 28.8 Å². The number of aromatic nitrogens is 3. The molecule has 2 aromatic carbocycles. The van der Waals surface area contributed by atoms with E-state index in [-0.39, 0.29) is 11.0 Å². The summed E-state index contributed by atoms with van der Waals surface area (Å²) in [5.41, 5.74) is 4.27. The van der Waals surface area contributed by atoms with Gasteiger partial charge in [-0.2, -0.15) is 0 Å². The number of imidazole rings is 1. The lowest BCUT2D eigenvalue weighted by molar-refractivity contribution is 0.243. The predicted octanol–water partition coefficient (Wildman–Crippen LogP) is 4.36. The van der Waals surface area contributed by atoms with Crippen LogP contribution >= 0.6 is 11.3 Å². The second kappa shape index (κ2) is 8.29. The molecule has 10 heteroatoms. The Kier molecular flexibility index (Phi) is 5.69. The average Bonchev–Trinajstić information content (AvgIpc) is 3.34. The van der Waals surface area contributed by atoms with Gasteiger partial charge in [0.25, 0.3) is 0 Å². The molecule has 3 N–H and O–H groups in total. The fourth-order valence-electron chi connectivity index (χ4n) is 3.19. The molecule has 0 radical (unpaired) electrons. The van der Waals surface area contributed by atoms with Gasteiger partial charge in [-0.1, -0.05) is 6.07 Å². The van der Waals surface area contributed by atoms with Gasteiger partial charge in [0.05, 0.1) is 39.7 Å². The van der Waals surface area contributed by atoms with Gasteiger partial charge in [0, 0.05) is 17.5 Å². The van der Waals surface area contributed by atoms with Crippen LogP contribution in [0.1, 0.15) is 20.8 Å². The molecular formula is C21H23N5O3S2. The van der Waals surface area contributed by atoms with E-state index < -0.39 is 10.0 Å². The van der Waals surface area contributed by atoms with E-state index in [1.54, 1.807) is 6.07 Å². The molecule has 2 heterocycles. The normalized spacial score (nSPS) is 11.9. The van der Waals surface area contributed by atoms with Crippen LogP contribution in [-0.2, 0) is 16.6 Å². The van der Waals surface area contributed by atoms with Crippen LogP contribution in [0.5, 0.6) is 5.75 Å². The van der Waals surface area contributed by atoms with E-state index in [4.69, 9.17) is 9.88 Å². The zero-order valence-electron chi connectivity index (χ0n) is 17.4. The number of nitrogens with two attached hydrogens (primary N) is 1. The van der Waals surface area contributed by atoms with Crippen molar-refractivity contribution in [1.82, 2.24) is 14.5 Å². The van der Waals surface area contributed by atoms with Crippen LogP contribution < -0.4 is 15.2 Å². The second-order valence-corrected chi connectivity index (χ2v) is 9.69. The molecule has 2 aromatic heterocycles. The Morgan fingerprint density at radius 3 is 2.74 bits per heavy atom. The van der Waals surface area contributed by atoms with Crippen molar-refractivity contribution in [2.24, 2.45) is 5.14 Å². The first kappa shape index (κ1) is 21.3. The minimum atomic E-state index is -3.84. The fourth-order valence-corrected chi connectivity index (χ4v) is 4.46. The van der Waals surface area contributed by atoms with Crippen molar-refractivity contribution >= 4 is 43.2 Å². The van der Waals surface area contributed by atoms with Crippen molar-refractivity contribution < 1.29 is 13.2 Å². The molecule has 0 aliphatic heterocycles. The van der Waals surface area contributed by atoms with Gasteiger partial charge in [0.1, 0.15) is 5.75 Å². The topological polar surface area (TPSA) is 112 Å². The molecule has 8 nitrogen and oxygen atoms in total. The molecule has 31 heavy (non-hydrogen) atoms. The fraction of sp³-hybridized carbons (Fsp3) is 0.238. The van der Waals surface area contributed by atoms with Crippen molar-refractivity contribution in [2.75, 3.05) is 5.32 Å². The second-order valence-electron chi connectivity index (χ2n) is 7.27. The van der Waals surface area contributed by atoms with Crippen molar-refractivity contribution in [3.63, 3.8) is 0 Å². The van der Waals surface area contributed by atoms with E-state index in [1.165, 1.54) is 23.5 Å². The Labute approximate surface area is 184 Å². The minimum absolute atomic E-state index is 0.00108. The van der Waals surface area contributed by atoms with Gasteiger partial charge in [-0.15, -0.1) is 11.3 Å². The third kappa shape index (κ3) is 4.55. The number of hydrogen-bond acceptors (Lipinski definition) is 7. The summed E-state index contributed by atoms with van der Waals surface area (Å²) in [6.45, 7) is 6.71. The molecule has 0 bridgehead atoms. The summed E-state index contributed by atoms with van der Waals surface area (Å²) < 4.78 is 31.5. The summed E-state index contributed by atoms with van der Waals surface area (Å²) in [6, 6.07) is 10.5. The van der Waals surface area contributed by atoms with Crippen molar-refractivity contribution in [3.05, 3.63) is 48.1 Å². The summed E-state index contributed by atoms with van der Waals surface area (Å²) >= 11 is 1.42. The van der Waals surface area contributed by atoms with Gasteiger partial charge in [-0.05, 0) is 51.1 Å². The number of anilines is 2. The van der Waals surface area contributed by atoms with Crippen LogP contribution in [0.25, 0.3) is 22.3 Å². The van der Waals surface area contributed by atoms with Crippen molar-refractivity contribution in [2.45, 2.75) is 38.3 Å². The highest BCUT2D eigenvalue weighted by molar-refractivity contribution is 7.89. The van der Waals surface area contributed by atoms with Crippen LogP contribution in [0.4, 0.5) is 10.8 Å². The Morgan fingerprint density at radius 2 is 2.03 bits per heavy atom. The van der Waals surface area contributed by atoms with Gasteiger partial charge in [0.15, 0.2) is 5.13 Å². The average molecular weight is 458 g/mol. The third-order valence-electron chi connectivity index (χ3n) is 4.65. The first-order valence-electron chi connectivity index (χ1n) is 9.76. The highest BCUT2D eigenvalue weighted by atomic mass is 32.2. The predicted molar refractivity (Wildman–Crippen MR) is 123 cm³/mol. The largest absolute Gasteiger partial charge is 0.489 e. The molecule has 162 valence electrons. The smallest absolute Gasteiger partial charge is 0.238 e. The lowest BCUT2D eigenvalue weighted by Gasteiger charge is -2.15. The Hall–Kier alpha value is -2.95. The lowest BCUT2D eigenvalue weighted by Crippen LogP contribution is -2.13. The zero-order valence-corrected chi connectivity index (χ0v) is 19.0. The molecule has 4 rings (SSSR count). The Bertz CT molecular complexity index is 1340. The number of ether oxygens (including phenoxy) is 1. The van der Waals surface area contributed by atoms with E-state index in [0.29, 0.717) is 16.6 Å². The quantitative estimate of drug-likeness (QED) is 0.426. The Balaban J connectivity index is 1.67. The number of rotatable bonds is 7. The number of nitrogens with one attached hydrogen (secondary N) is 1. The van der Waals surface area contributed by atoms with Crippen molar-refractivity contribution in [3.8, 4) is 17.0 Å². The minimum Gasteiger partial charge on any atom is -0.489 e. The molecule has 0 aliphatic rings. The first-order chi connectivity index (χ1) is 14.7. The molecule has 0 amide bonds. The van der Waals surface area contributed by atoms with E-state index in [1.807, 2.05) is 37.7 Å². The van der Waals surface area contributed by atoms with E-state index in [9.17, 15) is 8.42 Å². The zero-order chi connectivity index (χ0) is 22.2. The van der Waals surface area contributed by atoms with Gasteiger partial charge in [-0.25, -0.2) is 23.5 Å². The molecule has 0 unspecified atom stereocenters. The van der Waals surface area contributed by atoms with Gasteiger partial charge in [0.2, 0.25) is 10.0 Å². The molecule has 0 spiro atoms. The highest BCUT2D eigenvalue weighted by Crippen LogP contribution is 2.34. The summed E-state index contributed by atoms with van der Waals surface area (Å²) in [4.78, 5) is 9.08. The maximum Gasteiger partial charge on any atom is 0.238 e. The maximum atomic E-state index is 11.8. The number of benzene rings is 2. The summed E-state index contributed by atoms with van der Waals surface area (Å²) in [5, 5.41) is 11.0.